The van der Waals surface area contributed by atoms with E-state index in [0.717, 1.165) is 38.0 Å². The molecule has 6 heteroatoms. The number of fused-ring (bicyclic) bond motifs is 1. The quantitative estimate of drug-likeness (QED) is 0.222. The van der Waals surface area contributed by atoms with Crippen molar-refractivity contribution < 1.29 is 14.7 Å². The van der Waals surface area contributed by atoms with Gasteiger partial charge in [-0.2, -0.15) is 0 Å². The van der Waals surface area contributed by atoms with Gasteiger partial charge in [-0.15, -0.1) is 0 Å². The lowest BCUT2D eigenvalue weighted by Gasteiger charge is -2.23. The molecule has 1 amide bonds. The Bertz CT molecular complexity index is 1500. The summed E-state index contributed by atoms with van der Waals surface area (Å²) >= 11 is 1.37. The summed E-state index contributed by atoms with van der Waals surface area (Å²) in [5.41, 5.74) is 6.08. The number of ketones is 1. The van der Waals surface area contributed by atoms with Crippen molar-refractivity contribution >= 4 is 44.1 Å². The smallest absolute Gasteiger partial charge is 0.301 e. The SMILES string of the molecule is Cc1ccc(C2/C(=C(\O)c3cc(C)ccc3C)C(=O)C(=O)N2c2nc3ccc(C)cc3s2)cc1. The number of hydrogen-bond donors (Lipinski definition) is 1. The molecule has 2 heterocycles. The second kappa shape index (κ2) is 8.22. The Hall–Kier alpha value is -3.77. The van der Waals surface area contributed by atoms with Crippen LogP contribution in [0.4, 0.5) is 5.13 Å². The van der Waals surface area contributed by atoms with E-state index >= 15 is 0 Å². The third-order valence-electron chi connectivity index (χ3n) is 6.22. The van der Waals surface area contributed by atoms with Gasteiger partial charge in [-0.05, 0) is 62.6 Å². The Morgan fingerprint density at radius 1 is 0.882 bits per heavy atom. The lowest BCUT2D eigenvalue weighted by Crippen LogP contribution is -2.29. The number of carbonyl (C=O) groups excluding carboxylic acids is 2. The third kappa shape index (κ3) is 3.60. The summed E-state index contributed by atoms with van der Waals surface area (Å²) in [5, 5.41) is 11.8. The maximum absolute atomic E-state index is 13.4. The maximum atomic E-state index is 13.4. The van der Waals surface area contributed by atoms with Crippen LogP contribution in [0.25, 0.3) is 16.0 Å². The van der Waals surface area contributed by atoms with E-state index in [1.54, 1.807) is 0 Å². The van der Waals surface area contributed by atoms with E-state index in [-0.39, 0.29) is 11.3 Å². The molecule has 1 fully saturated rings. The Balaban J connectivity index is 1.76. The molecule has 1 aliphatic rings. The van der Waals surface area contributed by atoms with Crippen LogP contribution in [0.5, 0.6) is 0 Å². The molecule has 0 saturated carbocycles. The molecule has 5 rings (SSSR count). The van der Waals surface area contributed by atoms with Crippen LogP contribution < -0.4 is 4.90 Å². The molecule has 0 aliphatic carbocycles. The zero-order chi connectivity index (χ0) is 24.1. The van der Waals surface area contributed by atoms with Crippen LogP contribution in [0, 0.1) is 27.7 Å². The Morgan fingerprint density at radius 2 is 1.53 bits per heavy atom. The molecule has 4 aromatic rings. The predicted molar refractivity (Wildman–Crippen MR) is 136 cm³/mol. The van der Waals surface area contributed by atoms with Crippen molar-refractivity contribution in [2.75, 3.05) is 4.90 Å². The molecule has 1 aliphatic heterocycles. The van der Waals surface area contributed by atoms with Crippen LogP contribution in [0.1, 0.15) is 39.4 Å². The molecule has 3 aromatic carbocycles. The number of aromatic nitrogens is 1. The standard InChI is InChI=1S/C28H24N2O3S/c1-15-6-10-19(11-7-15)24-23(25(31)20-13-16(2)5-9-18(20)4)26(32)27(33)30(24)28-29-21-12-8-17(3)14-22(21)34-28/h5-14,24,31H,1-4H3/b25-23+. The van der Waals surface area contributed by atoms with Crippen molar-refractivity contribution in [2.24, 2.45) is 0 Å². The number of thiazole rings is 1. The molecule has 1 atom stereocenters. The van der Waals surface area contributed by atoms with Crippen LogP contribution in [0.2, 0.25) is 0 Å². The molecule has 1 saturated heterocycles. The average molecular weight is 469 g/mol. The first-order chi connectivity index (χ1) is 16.2. The second-order valence-electron chi connectivity index (χ2n) is 8.87. The van der Waals surface area contributed by atoms with Gasteiger partial charge in [-0.1, -0.05) is 64.9 Å². The molecule has 0 radical (unpaired) electrons. The molecule has 0 spiro atoms. The molecule has 34 heavy (non-hydrogen) atoms. The van der Waals surface area contributed by atoms with Gasteiger partial charge in [0.15, 0.2) is 5.13 Å². The Labute approximate surface area is 202 Å². The summed E-state index contributed by atoms with van der Waals surface area (Å²) in [6, 6.07) is 18.5. The minimum absolute atomic E-state index is 0.0815. The lowest BCUT2D eigenvalue weighted by atomic mass is 9.93. The van der Waals surface area contributed by atoms with Gasteiger partial charge in [0, 0.05) is 5.56 Å². The highest BCUT2D eigenvalue weighted by Gasteiger charge is 2.48. The van der Waals surface area contributed by atoms with Crippen molar-refractivity contribution in [1.29, 1.82) is 0 Å². The van der Waals surface area contributed by atoms with E-state index < -0.39 is 17.7 Å². The number of carbonyl (C=O) groups is 2. The molecule has 5 nitrogen and oxygen atoms in total. The summed E-state index contributed by atoms with van der Waals surface area (Å²) in [6.07, 6.45) is 0. The van der Waals surface area contributed by atoms with Crippen LogP contribution in [-0.4, -0.2) is 21.8 Å². The predicted octanol–water partition coefficient (Wildman–Crippen LogP) is 6.16. The third-order valence-corrected chi connectivity index (χ3v) is 7.24. The highest BCUT2D eigenvalue weighted by molar-refractivity contribution is 7.22. The van der Waals surface area contributed by atoms with E-state index in [0.29, 0.717) is 10.7 Å². The summed E-state index contributed by atoms with van der Waals surface area (Å²) in [7, 11) is 0. The fourth-order valence-corrected chi connectivity index (χ4v) is 5.44. The summed E-state index contributed by atoms with van der Waals surface area (Å²) in [4.78, 5) is 32.9. The first-order valence-corrected chi connectivity index (χ1v) is 11.9. The number of hydrogen-bond acceptors (Lipinski definition) is 5. The Morgan fingerprint density at radius 3 is 2.26 bits per heavy atom. The number of rotatable bonds is 3. The zero-order valence-electron chi connectivity index (χ0n) is 19.4. The van der Waals surface area contributed by atoms with E-state index in [1.807, 2.05) is 88.4 Å². The van der Waals surface area contributed by atoms with Gasteiger partial charge >= 0.3 is 5.91 Å². The van der Waals surface area contributed by atoms with Crippen molar-refractivity contribution in [3.05, 3.63) is 99.6 Å². The second-order valence-corrected chi connectivity index (χ2v) is 9.87. The number of amides is 1. The van der Waals surface area contributed by atoms with E-state index in [1.165, 1.54) is 16.2 Å². The van der Waals surface area contributed by atoms with Gasteiger partial charge in [0.1, 0.15) is 5.76 Å². The molecule has 1 unspecified atom stereocenters. The fraction of sp³-hybridized carbons (Fsp3) is 0.179. The van der Waals surface area contributed by atoms with Gasteiger partial charge in [0.25, 0.3) is 5.78 Å². The number of anilines is 1. The zero-order valence-corrected chi connectivity index (χ0v) is 20.2. The first kappa shape index (κ1) is 22.0. The molecular weight excluding hydrogens is 444 g/mol. The highest BCUT2D eigenvalue weighted by Crippen LogP contribution is 2.44. The number of aryl methyl sites for hydroxylation is 4. The number of aliphatic hydroxyl groups excluding tert-OH is 1. The van der Waals surface area contributed by atoms with Crippen LogP contribution >= 0.6 is 11.3 Å². The van der Waals surface area contributed by atoms with Crippen molar-refractivity contribution in [1.82, 2.24) is 4.98 Å². The summed E-state index contributed by atoms with van der Waals surface area (Å²) in [5.74, 6) is -1.56. The van der Waals surface area contributed by atoms with Crippen LogP contribution in [0.3, 0.4) is 0 Å². The van der Waals surface area contributed by atoms with Crippen LogP contribution in [0.15, 0.2) is 66.2 Å². The molecule has 170 valence electrons. The minimum Gasteiger partial charge on any atom is -0.507 e. The van der Waals surface area contributed by atoms with E-state index in [9.17, 15) is 14.7 Å². The molecule has 1 N–H and O–H groups in total. The monoisotopic (exact) mass is 468 g/mol. The van der Waals surface area contributed by atoms with Crippen LogP contribution in [-0.2, 0) is 9.59 Å². The maximum Gasteiger partial charge on any atom is 0.301 e. The average Bonchev–Trinajstić information content (AvgIpc) is 3.33. The number of Topliss-reactive ketones (excluding diaryl/α,β-unsaturated/α-hetero) is 1. The van der Waals surface area contributed by atoms with Gasteiger partial charge in [-0.3, -0.25) is 14.5 Å². The van der Waals surface area contributed by atoms with Gasteiger partial charge in [0.05, 0.1) is 21.8 Å². The van der Waals surface area contributed by atoms with Gasteiger partial charge in [-0.25, -0.2) is 4.98 Å². The van der Waals surface area contributed by atoms with E-state index in [2.05, 4.69) is 4.98 Å². The van der Waals surface area contributed by atoms with Crippen molar-refractivity contribution in [3.63, 3.8) is 0 Å². The molecule has 0 bridgehead atoms. The normalized spacial score (nSPS) is 17.6. The first-order valence-electron chi connectivity index (χ1n) is 11.1. The van der Waals surface area contributed by atoms with Crippen molar-refractivity contribution in [3.8, 4) is 0 Å². The fourth-order valence-electron chi connectivity index (χ4n) is 4.35. The summed E-state index contributed by atoms with van der Waals surface area (Å²) in [6.45, 7) is 7.78. The molecule has 1 aromatic heterocycles. The number of benzene rings is 3. The molecular formula is C28H24N2O3S. The number of nitrogens with zero attached hydrogens (tertiary/aromatic N) is 2. The van der Waals surface area contributed by atoms with Gasteiger partial charge in [0.2, 0.25) is 0 Å². The largest absolute Gasteiger partial charge is 0.507 e. The van der Waals surface area contributed by atoms with E-state index in [4.69, 9.17) is 0 Å². The minimum atomic E-state index is -0.776. The summed E-state index contributed by atoms with van der Waals surface area (Å²) < 4.78 is 0.939. The van der Waals surface area contributed by atoms with Crippen molar-refractivity contribution in [2.45, 2.75) is 33.7 Å². The lowest BCUT2D eigenvalue weighted by molar-refractivity contribution is -0.132. The number of aliphatic hydroxyl groups is 1. The van der Waals surface area contributed by atoms with Gasteiger partial charge < -0.3 is 5.11 Å². The highest BCUT2D eigenvalue weighted by atomic mass is 32.1. The topological polar surface area (TPSA) is 70.5 Å². The Kier molecular flexibility index (Phi) is 5.33.